The number of piperazine rings is 1. The third-order valence-electron chi connectivity index (χ3n) is 5.85. The van der Waals surface area contributed by atoms with E-state index >= 15 is 0 Å². The summed E-state index contributed by atoms with van der Waals surface area (Å²) in [5.74, 6) is -0.156. The molecule has 2 N–H and O–H groups in total. The van der Waals surface area contributed by atoms with Crippen LogP contribution in [0.15, 0.2) is 47.4 Å². The molecule has 0 radical (unpaired) electrons. The number of sulfonamides is 1. The molecule has 32 heavy (non-hydrogen) atoms. The second kappa shape index (κ2) is 10.9. The molecule has 0 spiro atoms. The molecule has 1 heterocycles. The Morgan fingerprint density at radius 2 is 1.69 bits per heavy atom. The summed E-state index contributed by atoms with van der Waals surface area (Å²) >= 11 is 0. The Bertz CT molecular complexity index is 1030. The predicted octanol–water partition coefficient (Wildman–Crippen LogP) is 1.67. The number of rotatable bonds is 9. The molecule has 174 valence electrons. The van der Waals surface area contributed by atoms with Crippen LogP contribution in [0, 0.1) is 0 Å². The first kappa shape index (κ1) is 24.2. The third-order valence-corrected chi connectivity index (χ3v) is 7.28. The Morgan fingerprint density at radius 1 is 1.03 bits per heavy atom. The summed E-state index contributed by atoms with van der Waals surface area (Å²) in [4.78, 5) is 17.6. The fraction of sp³-hybridized carbons (Fsp3) is 0.435. The van der Waals surface area contributed by atoms with E-state index in [1.54, 1.807) is 6.07 Å². The van der Waals surface area contributed by atoms with Crippen LogP contribution in [0.1, 0.15) is 28.4 Å². The molecule has 0 atom stereocenters. The number of hydrogen-bond acceptors (Lipinski definition) is 6. The highest BCUT2D eigenvalue weighted by Gasteiger charge is 2.21. The number of benzene rings is 2. The number of likely N-dealkylation sites (N-methyl/N-ethyl adjacent to an activating group) is 1. The summed E-state index contributed by atoms with van der Waals surface area (Å²) in [6.45, 7) is 8.69. The molecule has 3 rings (SSSR count). The standard InChI is InChI=1S/C23H32N4O4S/c1-4-26-11-13-27(14-12-26)17-20-8-6-5-7-19(20)16-25-23(28)18-9-10-21(31-3)22(15-18)32(29,30)24-2/h5-10,15,24H,4,11-14,16-17H2,1-3H3,(H,25,28). The van der Waals surface area contributed by atoms with Gasteiger partial charge in [-0.2, -0.15) is 0 Å². The molecule has 8 nitrogen and oxygen atoms in total. The van der Waals surface area contributed by atoms with Crippen LogP contribution in [0.25, 0.3) is 0 Å². The van der Waals surface area contributed by atoms with Crippen molar-refractivity contribution >= 4 is 15.9 Å². The number of nitrogens with one attached hydrogen (secondary N) is 2. The van der Waals surface area contributed by atoms with Crippen molar-refractivity contribution in [3.8, 4) is 5.75 Å². The van der Waals surface area contributed by atoms with Crippen molar-refractivity contribution < 1.29 is 17.9 Å². The van der Waals surface area contributed by atoms with E-state index in [0.29, 0.717) is 6.54 Å². The Kier molecular flexibility index (Phi) is 8.25. The normalized spacial score (nSPS) is 15.5. The average Bonchev–Trinajstić information content (AvgIpc) is 2.83. The molecule has 0 unspecified atom stereocenters. The smallest absolute Gasteiger partial charge is 0.251 e. The minimum atomic E-state index is -3.76. The number of hydrogen-bond donors (Lipinski definition) is 2. The first-order chi connectivity index (χ1) is 15.4. The average molecular weight is 461 g/mol. The third kappa shape index (κ3) is 5.86. The summed E-state index contributed by atoms with van der Waals surface area (Å²) in [5, 5.41) is 2.92. The van der Waals surface area contributed by atoms with E-state index in [1.165, 1.54) is 31.9 Å². The number of methoxy groups -OCH3 is 1. The molecule has 2 aromatic carbocycles. The minimum Gasteiger partial charge on any atom is -0.495 e. The lowest BCUT2D eigenvalue weighted by Gasteiger charge is -2.34. The fourth-order valence-electron chi connectivity index (χ4n) is 3.80. The monoisotopic (exact) mass is 460 g/mol. The molecular formula is C23H32N4O4S. The maximum Gasteiger partial charge on any atom is 0.251 e. The van der Waals surface area contributed by atoms with Gasteiger partial charge in [-0.05, 0) is 42.9 Å². The molecule has 9 heteroatoms. The van der Waals surface area contributed by atoms with Gasteiger partial charge in [-0.15, -0.1) is 0 Å². The van der Waals surface area contributed by atoms with Crippen molar-refractivity contribution in [1.29, 1.82) is 0 Å². The maximum atomic E-state index is 12.8. The zero-order valence-electron chi connectivity index (χ0n) is 18.9. The van der Waals surface area contributed by atoms with E-state index in [0.717, 1.165) is 44.8 Å². The van der Waals surface area contributed by atoms with Crippen molar-refractivity contribution in [3.05, 3.63) is 59.2 Å². The first-order valence-electron chi connectivity index (χ1n) is 10.8. The molecule has 0 aliphatic carbocycles. The van der Waals surface area contributed by atoms with Crippen LogP contribution < -0.4 is 14.8 Å². The molecule has 0 aromatic heterocycles. The van der Waals surface area contributed by atoms with E-state index in [4.69, 9.17) is 4.74 Å². The second-order valence-electron chi connectivity index (χ2n) is 7.73. The van der Waals surface area contributed by atoms with E-state index < -0.39 is 10.0 Å². The van der Waals surface area contributed by atoms with E-state index in [-0.39, 0.29) is 22.1 Å². The molecular weight excluding hydrogens is 428 g/mol. The van der Waals surface area contributed by atoms with Gasteiger partial charge in [0.05, 0.1) is 7.11 Å². The summed E-state index contributed by atoms with van der Waals surface area (Å²) in [5.41, 5.74) is 2.49. The molecule has 0 saturated carbocycles. The molecule has 1 fully saturated rings. The molecule has 1 amide bonds. The number of carbonyl (C=O) groups excluding carboxylic acids is 1. The molecule has 2 aromatic rings. The van der Waals surface area contributed by atoms with Gasteiger partial charge in [0.2, 0.25) is 10.0 Å². The topological polar surface area (TPSA) is 91.0 Å². The predicted molar refractivity (Wildman–Crippen MR) is 124 cm³/mol. The lowest BCUT2D eigenvalue weighted by molar-refractivity contribution is 0.0950. The highest BCUT2D eigenvalue weighted by Crippen LogP contribution is 2.24. The zero-order chi connectivity index (χ0) is 23.1. The summed E-state index contributed by atoms with van der Waals surface area (Å²) in [7, 11) is -1.05. The second-order valence-corrected chi connectivity index (χ2v) is 9.59. The Hall–Kier alpha value is -2.46. The number of nitrogens with zero attached hydrogens (tertiary/aromatic N) is 2. The van der Waals surface area contributed by atoms with Crippen molar-refractivity contribution in [2.24, 2.45) is 0 Å². The van der Waals surface area contributed by atoms with Gasteiger partial charge in [0.15, 0.2) is 0 Å². The SMILES string of the molecule is CCN1CCN(Cc2ccccc2CNC(=O)c2ccc(OC)c(S(=O)(=O)NC)c2)CC1. The van der Waals surface area contributed by atoms with Gasteiger partial charge in [-0.1, -0.05) is 31.2 Å². The van der Waals surface area contributed by atoms with Crippen LogP contribution in [0.3, 0.4) is 0 Å². The van der Waals surface area contributed by atoms with Gasteiger partial charge in [-0.3, -0.25) is 9.69 Å². The fourth-order valence-corrected chi connectivity index (χ4v) is 4.72. The Labute approximate surface area is 190 Å². The van der Waals surface area contributed by atoms with Gasteiger partial charge in [0, 0.05) is 44.8 Å². The zero-order valence-corrected chi connectivity index (χ0v) is 19.7. The lowest BCUT2D eigenvalue weighted by Crippen LogP contribution is -2.45. The van der Waals surface area contributed by atoms with E-state index in [9.17, 15) is 13.2 Å². The number of carbonyl (C=O) groups is 1. The highest BCUT2D eigenvalue weighted by molar-refractivity contribution is 7.89. The molecule has 1 aliphatic heterocycles. The van der Waals surface area contributed by atoms with Gasteiger partial charge in [0.25, 0.3) is 5.91 Å². The van der Waals surface area contributed by atoms with E-state index in [2.05, 4.69) is 32.8 Å². The highest BCUT2D eigenvalue weighted by atomic mass is 32.2. The van der Waals surface area contributed by atoms with Crippen LogP contribution in [-0.4, -0.2) is 71.0 Å². The molecule has 1 aliphatic rings. The van der Waals surface area contributed by atoms with Crippen LogP contribution in [-0.2, 0) is 23.1 Å². The molecule has 0 bridgehead atoms. The maximum absolute atomic E-state index is 12.8. The van der Waals surface area contributed by atoms with E-state index in [1.807, 2.05) is 18.2 Å². The summed E-state index contributed by atoms with van der Waals surface area (Å²) < 4.78 is 32.0. The van der Waals surface area contributed by atoms with Crippen molar-refractivity contribution in [1.82, 2.24) is 19.8 Å². The van der Waals surface area contributed by atoms with Crippen LogP contribution in [0.4, 0.5) is 0 Å². The Balaban J connectivity index is 1.69. The first-order valence-corrected chi connectivity index (χ1v) is 12.3. The summed E-state index contributed by atoms with van der Waals surface area (Å²) in [6.07, 6.45) is 0. The lowest BCUT2D eigenvalue weighted by atomic mass is 10.1. The number of ether oxygens (including phenoxy) is 1. The largest absolute Gasteiger partial charge is 0.495 e. The molecule has 1 saturated heterocycles. The summed E-state index contributed by atoms with van der Waals surface area (Å²) in [6, 6.07) is 12.5. The van der Waals surface area contributed by atoms with Gasteiger partial charge < -0.3 is 15.0 Å². The van der Waals surface area contributed by atoms with Gasteiger partial charge in [-0.25, -0.2) is 13.1 Å². The Morgan fingerprint density at radius 3 is 2.31 bits per heavy atom. The van der Waals surface area contributed by atoms with Crippen LogP contribution >= 0.6 is 0 Å². The van der Waals surface area contributed by atoms with Gasteiger partial charge >= 0.3 is 0 Å². The van der Waals surface area contributed by atoms with Crippen molar-refractivity contribution in [2.75, 3.05) is 46.9 Å². The van der Waals surface area contributed by atoms with Crippen molar-refractivity contribution in [2.45, 2.75) is 24.9 Å². The minimum absolute atomic E-state index is 0.0678. The van der Waals surface area contributed by atoms with Crippen molar-refractivity contribution in [3.63, 3.8) is 0 Å². The van der Waals surface area contributed by atoms with Crippen LogP contribution in [0.5, 0.6) is 5.75 Å². The van der Waals surface area contributed by atoms with Crippen LogP contribution in [0.2, 0.25) is 0 Å². The number of amides is 1. The quantitative estimate of drug-likeness (QED) is 0.592. The van der Waals surface area contributed by atoms with Gasteiger partial charge in [0.1, 0.15) is 10.6 Å².